The molecule has 0 unspecified atom stereocenters. The van der Waals surface area contributed by atoms with Crippen LogP contribution in [0.3, 0.4) is 0 Å². The maximum Gasteiger partial charge on any atom is 0.336 e. The van der Waals surface area contributed by atoms with E-state index < -0.39 is 5.97 Å². The summed E-state index contributed by atoms with van der Waals surface area (Å²) in [6.45, 7) is 0. The highest BCUT2D eigenvalue weighted by Crippen LogP contribution is 2.29. The first-order valence-electron chi connectivity index (χ1n) is 6.11. The third-order valence-corrected chi connectivity index (χ3v) is 3.18. The number of nitrogens with zero attached hydrogens (tertiary/aromatic N) is 2. The molecule has 0 radical (unpaired) electrons. The molecule has 7 heteroatoms. The molecule has 0 atom stereocenters. The predicted molar refractivity (Wildman–Crippen MR) is 77.2 cm³/mol. The zero-order chi connectivity index (χ0) is 15.0. The van der Waals surface area contributed by atoms with Gasteiger partial charge in [-0.15, -0.1) is 0 Å². The first-order chi connectivity index (χ1) is 10.1. The van der Waals surface area contributed by atoms with Gasteiger partial charge >= 0.3 is 5.97 Å². The van der Waals surface area contributed by atoms with Gasteiger partial charge in [0.25, 0.3) is 0 Å². The highest BCUT2D eigenvalue weighted by Gasteiger charge is 2.15. The molecular formula is C14H12N4O3. The van der Waals surface area contributed by atoms with Crippen LogP contribution < -0.4 is 10.5 Å². The summed E-state index contributed by atoms with van der Waals surface area (Å²) in [7, 11) is 1.52. The van der Waals surface area contributed by atoms with Gasteiger partial charge < -0.3 is 15.6 Å². The number of nitrogens with one attached hydrogen (secondary N) is 1. The Kier molecular flexibility index (Phi) is 2.94. The molecule has 2 aromatic heterocycles. The van der Waals surface area contributed by atoms with E-state index in [-0.39, 0.29) is 5.56 Å². The number of hydrogen-bond donors (Lipinski definition) is 3. The maximum absolute atomic E-state index is 11.4. The standard InChI is InChI=1S/C14H12N4O3/c1-21-12-4-7(2-3-10(12)15)11-5-8(14(19)20)9-6-16-18-13(9)17-11/h2-6H,15H2,1H3,(H,19,20)(H,16,17,18). The Hall–Kier alpha value is -3.09. The summed E-state index contributed by atoms with van der Waals surface area (Å²) in [5.74, 6) is -0.525. The molecule has 0 bridgehead atoms. The highest BCUT2D eigenvalue weighted by molar-refractivity contribution is 6.02. The van der Waals surface area contributed by atoms with Crippen LogP contribution >= 0.6 is 0 Å². The van der Waals surface area contributed by atoms with Crippen molar-refractivity contribution in [3.63, 3.8) is 0 Å². The van der Waals surface area contributed by atoms with Gasteiger partial charge in [0.2, 0.25) is 0 Å². The molecule has 3 rings (SSSR count). The van der Waals surface area contributed by atoms with Crippen molar-refractivity contribution in [3.05, 3.63) is 36.0 Å². The number of ether oxygens (including phenoxy) is 1. The van der Waals surface area contributed by atoms with Crippen LogP contribution in [-0.4, -0.2) is 33.4 Å². The largest absolute Gasteiger partial charge is 0.495 e. The minimum Gasteiger partial charge on any atom is -0.495 e. The number of carboxylic acids is 1. The van der Waals surface area contributed by atoms with Crippen molar-refractivity contribution in [3.8, 4) is 17.0 Å². The van der Waals surface area contributed by atoms with Gasteiger partial charge in [-0.25, -0.2) is 9.78 Å². The van der Waals surface area contributed by atoms with Gasteiger partial charge in [-0.1, -0.05) is 6.07 Å². The van der Waals surface area contributed by atoms with E-state index in [9.17, 15) is 9.90 Å². The minimum absolute atomic E-state index is 0.138. The van der Waals surface area contributed by atoms with E-state index in [2.05, 4.69) is 15.2 Å². The summed E-state index contributed by atoms with van der Waals surface area (Å²) in [5.41, 5.74) is 8.04. The average molecular weight is 284 g/mol. The van der Waals surface area contributed by atoms with E-state index in [1.807, 2.05) is 0 Å². The molecule has 7 nitrogen and oxygen atoms in total. The van der Waals surface area contributed by atoms with Gasteiger partial charge in [0, 0.05) is 5.56 Å². The van der Waals surface area contributed by atoms with Crippen molar-refractivity contribution in [1.82, 2.24) is 15.2 Å². The molecule has 0 fully saturated rings. The molecule has 0 saturated carbocycles. The fourth-order valence-corrected chi connectivity index (χ4v) is 2.12. The monoisotopic (exact) mass is 284 g/mol. The molecule has 0 aliphatic heterocycles. The number of anilines is 1. The minimum atomic E-state index is -1.03. The van der Waals surface area contributed by atoms with Crippen LogP contribution in [0.15, 0.2) is 30.5 Å². The van der Waals surface area contributed by atoms with Crippen molar-refractivity contribution in [2.45, 2.75) is 0 Å². The number of carboxylic acid groups (broad SMARTS) is 1. The Bertz CT molecular complexity index is 841. The smallest absolute Gasteiger partial charge is 0.336 e. The van der Waals surface area contributed by atoms with Gasteiger partial charge in [0.1, 0.15) is 5.75 Å². The Morgan fingerprint density at radius 2 is 2.19 bits per heavy atom. The van der Waals surface area contributed by atoms with Crippen LogP contribution in [-0.2, 0) is 0 Å². The summed E-state index contributed by atoms with van der Waals surface area (Å²) >= 11 is 0. The number of benzene rings is 1. The Balaban J connectivity index is 2.22. The van der Waals surface area contributed by atoms with Gasteiger partial charge in [-0.3, -0.25) is 5.10 Å². The molecule has 21 heavy (non-hydrogen) atoms. The van der Waals surface area contributed by atoms with E-state index >= 15 is 0 Å². The van der Waals surface area contributed by atoms with E-state index in [0.717, 1.165) is 0 Å². The summed E-state index contributed by atoms with van der Waals surface area (Å²) < 4.78 is 5.17. The van der Waals surface area contributed by atoms with Crippen molar-refractivity contribution in [1.29, 1.82) is 0 Å². The molecule has 0 amide bonds. The summed E-state index contributed by atoms with van der Waals surface area (Å²) in [4.78, 5) is 15.7. The number of aromatic amines is 1. The molecule has 0 saturated heterocycles. The maximum atomic E-state index is 11.4. The second-order valence-electron chi connectivity index (χ2n) is 4.45. The lowest BCUT2D eigenvalue weighted by atomic mass is 10.1. The zero-order valence-electron chi connectivity index (χ0n) is 11.1. The van der Waals surface area contributed by atoms with E-state index in [0.29, 0.717) is 33.7 Å². The number of aromatic nitrogens is 3. The van der Waals surface area contributed by atoms with Crippen molar-refractivity contribution in [2.75, 3.05) is 12.8 Å². The Morgan fingerprint density at radius 1 is 1.38 bits per heavy atom. The third kappa shape index (κ3) is 2.14. The third-order valence-electron chi connectivity index (χ3n) is 3.18. The fourth-order valence-electron chi connectivity index (χ4n) is 2.12. The van der Waals surface area contributed by atoms with Crippen LogP contribution in [0.1, 0.15) is 10.4 Å². The molecule has 3 aromatic rings. The lowest BCUT2D eigenvalue weighted by molar-refractivity contribution is 0.0699. The number of hydrogen-bond acceptors (Lipinski definition) is 5. The van der Waals surface area contributed by atoms with Crippen molar-refractivity contribution < 1.29 is 14.6 Å². The molecule has 1 aromatic carbocycles. The first kappa shape index (κ1) is 12.9. The fraction of sp³-hybridized carbons (Fsp3) is 0.0714. The van der Waals surface area contributed by atoms with Crippen molar-refractivity contribution >= 4 is 22.7 Å². The first-order valence-corrected chi connectivity index (χ1v) is 6.11. The Morgan fingerprint density at radius 3 is 2.90 bits per heavy atom. The second kappa shape index (κ2) is 4.78. The molecule has 0 aliphatic carbocycles. The van der Waals surface area contributed by atoms with Crippen LogP contribution in [0.4, 0.5) is 5.69 Å². The SMILES string of the molecule is COc1cc(-c2cc(C(=O)O)c3cn[nH]c3n2)ccc1N. The van der Waals surface area contributed by atoms with Crippen molar-refractivity contribution in [2.24, 2.45) is 0 Å². The quantitative estimate of drug-likeness (QED) is 0.633. The zero-order valence-corrected chi connectivity index (χ0v) is 11.1. The number of pyridine rings is 1. The highest BCUT2D eigenvalue weighted by atomic mass is 16.5. The van der Waals surface area contributed by atoms with Crippen LogP contribution in [0.2, 0.25) is 0 Å². The number of H-pyrrole nitrogens is 1. The lowest BCUT2D eigenvalue weighted by Gasteiger charge is -2.08. The van der Waals surface area contributed by atoms with Gasteiger partial charge in [0.15, 0.2) is 5.65 Å². The molecule has 0 aliphatic rings. The normalized spacial score (nSPS) is 10.7. The van der Waals surface area contributed by atoms with E-state index in [1.165, 1.54) is 19.4 Å². The topological polar surface area (TPSA) is 114 Å². The average Bonchev–Trinajstić information content (AvgIpc) is 2.94. The van der Waals surface area contributed by atoms with Gasteiger partial charge in [-0.05, 0) is 18.2 Å². The molecule has 4 N–H and O–H groups in total. The Labute approximate surface area is 119 Å². The number of fused-ring (bicyclic) bond motifs is 1. The lowest BCUT2D eigenvalue weighted by Crippen LogP contribution is -2.00. The molecule has 0 spiro atoms. The number of methoxy groups -OCH3 is 1. The second-order valence-corrected chi connectivity index (χ2v) is 4.45. The molecule has 2 heterocycles. The van der Waals surface area contributed by atoms with Crippen LogP contribution in [0.25, 0.3) is 22.3 Å². The number of nitrogens with two attached hydrogens (primary N) is 1. The van der Waals surface area contributed by atoms with Crippen LogP contribution in [0, 0.1) is 0 Å². The number of aromatic carboxylic acids is 1. The van der Waals surface area contributed by atoms with E-state index in [4.69, 9.17) is 10.5 Å². The predicted octanol–water partition coefficient (Wildman–Crippen LogP) is 1.91. The van der Waals surface area contributed by atoms with Gasteiger partial charge in [-0.2, -0.15) is 5.10 Å². The number of nitrogen functional groups attached to an aromatic ring is 1. The van der Waals surface area contributed by atoms with E-state index in [1.54, 1.807) is 18.2 Å². The summed E-state index contributed by atoms with van der Waals surface area (Å²) in [5, 5.41) is 16.3. The molecular weight excluding hydrogens is 272 g/mol. The molecule has 106 valence electrons. The van der Waals surface area contributed by atoms with Gasteiger partial charge in [0.05, 0.1) is 35.6 Å². The number of carbonyl (C=O) groups is 1. The number of rotatable bonds is 3. The summed E-state index contributed by atoms with van der Waals surface area (Å²) in [6.07, 6.45) is 1.44. The van der Waals surface area contributed by atoms with Crippen LogP contribution in [0.5, 0.6) is 5.75 Å². The summed E-state index contributed by atoms with van der Waals surface area (Å²) in [6, 6.07) is 6.66.